The van der Waals surface area contributed by atoms with Crippen molar-refractivity contribution in [1.82, 2.24) is 0 Å². The Morgan fingerprint density at radius 2 is 1.76 bits per heavy atom. The molecule has 4 rings (SSSR count). The van der Waals surface area contributed by atoms with Crippen molar-refractivity contribution in [2.75, 3.05) is 22.9 Å². The van der Waals surface area contributed by atoms with Gasteiger partial charge in [-0.1, -0.05) is 30.3 Å². The highest BCUT2D eigenvalue weighted by Crippen LogP contribution is 2.43. The van der Waals surface area contributed by atoms with E-state index in [-0.39, 0.29) is 11.4 Å². The standard InChI is InChI=1S/C27H28N2O3S/c1-5-28(6-2)20-13-11-19(12-14-20)24-23(25(30)22-8-7-15-33-22)26(31)27(32)29(24)21-16-17(3)9-10-18(21)4/h7-16,24,31H,5-6H2,1-4H3. The Kier molecular flexibility index (Phi) is 6.38. The van der Waals surface area contributed by atoms with Crippen LogP contribution in [0.2, 0.25) is 0 Å². The predicted molar refractivity (Wildman–Crippen MR) is 134 cm³/mol. The van der Waals surface area contributed by atoms with Gasteiger partial charge < -0.3 is 10.0 Å². The number of aryl methyl sites for hydroxylation is 2. The summed E-state index contributed by atoms with van der Waals surface area (Å²) in [4.78, 5) is 31.1. The lowest BCUT2D eigenvalue weighted by Gasteiger charge is -2.29. The van der Waals surface area contributed by atoms with Gasteiger partial charge in [-0.25, -0.2) is 0 Å². The largest absolute Gasteiger partial charge is 0.503 e. The molecule has 0 saturated heterocycles. The summed E-state index contributed by atoms with van der Waals surface area (Å²) >= 11 is 1.30. The van der Waals surface area contributed by atoms with Crippen LogP contribution in [0, 0.1) is 13.8 Å². The zero-order chi connectivity index (χ0) is 23.7. The van der Waals surface area contributed by atoms with Crippen molar-refractivity contribution in [1.29, 1.82) is 0 Å². The molecule has 6 heteroatoms. The summed E-state index contributed by atoms with van der Waals surface area (Å²) in [7, 11) is 0. The van der Waals surface area contributed by atoms with Crippen molar-refractivity contribution < 1.29 is 14.7 Å². The number of thiophene rings is 1. The highest BCUT2D eigenvalue weighted by atomic mass is 32.1. The normalized spacial score (nSPS) is 15.9. The summed E-state index contributed by atoms with van der Waals surface area (Å²) in [6.45, 7) is 9.87. The zero-order valence-corrected chi connectivity index (χ0v) is 20.1. The molecular weight excluding hydrogens is 432 g/mol. The first kappa shape index (κ1) is 22.8. The number of ketones is 1. The van der Waals surface area contributed by atoms with E-state index in [1.54, 1.807) is 17.0 Å². The molecule has 0 saturated carbocycles. The third-order valence-electron chi connectivity index (χ3n) is 6.16. The first-order valence-corrected chi connectivity index (χ1v) is 12.0. The number of amides is 1. The van der Waals surface area contributed by atoms with Crippen molar-refractivity contribution in [3.05, 3.63) is 92.9 Å². The third-order valence-corrected chi connectivity index (χ3v) is 7.03. The molecule has 0 radical (unpaired) electrons. The molecule has 0 aliphatic carbocycles. The lowest BCUT2D eigenvalue weighted by Crippen LogP contribution is -2.31. The molecule has 1 atom stereocenters. The van der Waals surface area contributed by atoms with Gasteiger partial charge in [0.2, 0.25) is 5.78 Å². The zero-order valence-electron chi connectivity index (χ0n) is 19.3. The minimum absolute atomic E-state index is 0.124. The van der Waals surface area contributed by atoms with Crippen molar-refractivity contribution in [3.63, 3.8) is 0 Å². The van der Waals surface area contributed by atoms with Crippen LogP contribution < -0.4 is 9.80 Å². The van der Waals surface area contributed by atoms with E-state index in [0.717, 1.165) is 35.5 Å². The maximum absolute atomic E-state index is 13.4. The second-order valence-corrected chi connectivity index (χ2v) is 9.15. The van der Waals surface area contributed by atoms with Crippen molar-refractivity contribution in [2.24, 2.45) is 0 Å². The number of rotatable bonds is 7. The molecule has 2 aromatic carbocycles. The van der Waals surface area contributed by atoms with Crippen LogP contribution in [0.25, 0.3) is 0 Å². The lowest BCUT2D eigenvalue weighted by atomic mass is 9.94. The van der Waals surface area contributed by atoms with E-state index in [9.17, 15) is 14.7 Å². The summed E-state index contributed by atoms with van der Waals surface area (Å²) in [5.41, 5.74) is 4.57. The molecule has 0 bridgehead atoms. The molecule has 33 heavy (non-hydrogen) atoms. The van der Waals surface area contributed by atoms with Gasteiger partial charge in [0.15, 0.2) is 5.76 Å². The molecule has 0 spiro atoms. The van der Waals surface area contributed by atoms with E-state index in [1.165, 1.54) is 11.3 Å². The minimum Gasteiger partial charge on any atom is -0.503 e. The molecule has 5 nitrogen and oxygen atoms in total. The number of carbonyl (C=O) groups excluding carboxylic acids is 2. The third kappa shape index (κ3) is 4.07. The molecule has 1 aliphatic rings. The van der Waals surface area contributed by atoms with Crippen LogP contribution in [-0.4, -0.2) is 29.9 Å². The topological polar surface area (TPSA) is 60.9 Å². The van der Waals surface area contributed by atoms with Gasteiger partial charge in [-0.2, -0.15) is 0 Å². The molecular formula is C27H28N2O3S. The van der Waals surface area contributed by atoms with Crippen LogP contribution in [0.1, 0.15) is 46.3 Å². The number of aliphatic hydroxyl groups is 1. The average molecular weight is 461 g/mol. The van der Waals surface area contributed by atoms with Gasteiger partial charge in [-0.15, -0.1) is 11.3 Å². The molecule has 0 fully saturated rings. The fraction of sp³-hybridized carbons (Fsp3) is 0.259. The highest BCUT2D eigenvalue weighted by molar-refractivity contribution is 7.12. The Morgan fingerprint density at radius 1 is 1.06 bits per heavy atom. The maximum Gasteiger partial charge on any atom is 0.294 e. The second kappa shape index (κ2) is 9.24. The number of Topliss-reactive ketones (excluding diaryl/α,β-unsaturated/α-hetero) is 1. The molecule has 1 aliphatic heterocycles. The summed E-state index contributed by atoms with van der Waals surface area (Å²) < 4.78 is 0. The number of benzene rings is 2. The van der Waals surface area contributed by atoms with E-state index in [0.29, 0.717) is 10.6 Å². The summed E-state index contributed by atoms with van der Waals surface area (Å²) in [5, 5.41) is 12.8. The van der Waals surface area contributed by atoms with Crippen LogP contribution in [0.5, 0.6) is 0 Å². The number of nitrogens with zero attached hydrogens (tertiary/aromatic N) is 2. The van der Waals surface area contributed by atoms with Gasteiger partial charge in [-0.3, -0.25) is 14.5 Å². The number of hydrogen-bond donors (Lipinski definition) is 1. The summed E-state index contributed by atoms with van der Waals surface area (Å²) in [5.74, 6) is -1.35. The molecule has 1 N–H and O–H groups in total. The van der Waals surface area contributed by atoms with Crippen LogP contribution in [0.15, 0.2) is 71.3 Å². The first-order valence-electron chi connectivity index (χ1n) is 11.1. The van der Waals surface area contributed by atoms with Crippen LogP contribution in [0.4, 0.5) is 11.4 Å². The fourth-order valence-corrected chi connectivity index (χ4v) is 5.05. The maximum atomic E-state index is 13.4. The smallest absolute Gasteiger partial charge is 0.294 e. The highest BCUT2D eigenvalue weighted by Gasteiger charge is 2.45. The molecule has 1 aromatic heterocycles. The molecule has 1 amide bonds. The first-order chi connectivity index (χ1) is 15.9. The van der Waals surface area contributed by atoms with E-state index < -0.39 is 17.7 Å². The number of anilines is 2. The van der Waals surface area contributed by atoms with Gasteiger partial charge in [-0.05, 0) is 74.0 Å². The lowest BCUT2D eigenvalue weighted by molar-refractivity contribution is -0.117. The summed E-state index contributed by atoms with van der Waals surface area (Å²) in [6.07, 6.45) is 0. The van der Waals surface area contributed by atoms with Gasteiger partial charge >= 0.3 is 0 Å². The van der Waals surface area contributed by atoms with E-state index in [2.05, 4.69) is 18.7 Å². The Labute approximate surface area is 198 Å². The Balaban J connectivity index is 1.87. The predicted octanol–water partition coefficient (Wildman–Crippen LogP) is 5.99. The van der Waals surface area contributed by atoms with Gasteiger partial charge in [0.1, 0.15) is 0 Å². The Morgan fingerprint density at radius 3 is 2.36 bits per heavy atom. The number of aliphatic hydroxyl groups excluding tert-OH is 1. The number of carbonyl (C=O) groups is 2. The SMILES string of the molecule is CCN(CC)c1ccc(C2C(C(=O)c3cccs3)=C(O)C(=O)N2c2cc(C)ccc2C)cc1. The molecule has 3 aromatic rings. The van der Waals surface area contributed by atoms with Crippen LogP contribution >= 0.6 is 11.3 Å². The molecule has 2 heterocycles. The quantitative estimate of drug-likeness (QED) is 0.440. The van der Waals surface area contributed by atoms with Gasteiger partial charge in [0.05, 0.1) is 16.5 Å². The van der Waals surface area contributed by atoms with Gasteiger partial charge in [0, 0.05) is 24.5 Å². The second-order valence-electron chi connectivity index (χ2n) is 8.20. The van der Waals surface area contributed by atoms with Crippen molar-refractivity contribution >= 4 is 34.4 Å². The molecule has 170 valence electrons. The van der Waals surface area contributed by atoms with Crippen LogP contribution in [-0.2, 0) is 4.79 Å². The molecule has 1 unspecified atom stereocenters. The van der Waals surface area contributed by atoms with E-state index in [1.807, 2.05) is 61.7 Å². The van der Waals surface area contributed by atoms with Crippen LogP contribution in [0.3, 0.4) is 0 Å². The monoisotopic (exact) mass is 460 g/mol. The number of hydrogen-bond acceptors (Lipinski definition) is 5. The van der Waals surface area contributed by atoms with E-state index in [4.69, 9.17) is 0 Å². The van der Waals surface area contributed by atoms with Crippen molar-refractivity contribution in [2.45, 2.75) is 33.7 Å². The van der Waals surface area contributed by atoms with Gasteiger partial charge in [0.25, 0.3) is 5.91 Å². The Bertz CT molecular complexity index is 1210. The fourth-order valence-electron chi connectivity index (χ4n) is 4.38. The Hall–Kier alpha value is -3.38. The minimum atomic E-state index is -0.710. The van der Waals surface area contributed by atoms with E-state index >= 15 is 0 Å². The van der Waals surface area contributed by atoms with Crippen molar-refractivity contribution in [3.8, 4) is 0 Å². The average Bonchev–Trinajstić information content (AvgIpc) is 3.44. The summed E-state index contributed by atoms with van der Waals surface area (Å²) in [6, 6.07) is 16.6.